The number of ether oxygens (including phenoxy) is 1. The second-order valence-corrected chi connectivity index (χ2v) is 12.0. The summed E-state index contributed by atoms with van der Waals surface area (Å²) in [6, 6.07) is 14.4. The smallest absolute Gasteiger partial charge is 0.209 e. The predicted molar refractivity (Wildman–Crippen MR) is 148 cm³/mol. The Morgan fingerprint density at radius 2 is 1.97 bits per heavy atom. The largest absolute Gasteiger partial charge is 0.497 e. The molecule has 10 heteroatoms. The van der Waals surface area contributed by atoms with Crippen molar-refractivity contribution in [1.82, 2.24) is 9.36 Å². The topological polar surface area (TPSA) is 98.2 Å². The van der Waals surface area contributed by atoms with Crippen LogP contribution >= 0.6 is 11.5 Å². The van der Waals surface area contributed by atoms with Crippen molar-refractivity contribution in [2.45, 2.75) is 25.8 Å². The molecule has 0 aliphatic heterocycles. The maximum absolute atomic E-state index is 14.0. The van der Waals surface area contributed by atoms with Gasteiger partial charge in [-0.25, -0.2) is 12.8 Å². The number of aromatic nitrogens is 2. The number of halogens is 1. The molecule has 1 N–H and O–H groups in total. The van der Waals surface area contributed by atoms with E-state index in [0.717, 1.165) is 22.8 Å². The molecule has 38 heavy (non-hydrogen) atoms. The van der Waals surface area contributed by atoms with Crippen molar-refractivity contribution in [2.24, 2.45) is 0 Å². The highest BCUT2D eigenvalue weighted by Crippen LogP contribution is 2.32. The van der Waals surface area contributed by atoms with Crippen LogP contribution in [-0.2, 0) is 16.3 Å². The van der Waals surface area contributed by atoms with Crippen LogP contribution in [0.5, 0.6) is 5.75 Å². The number of hydrogen-bond donors (Lipinski definition) is 1. The van der Waals surface area contributed by atoms with Crippen LogP contribution < -0.4 is 10.1 Å². The molecular weight excluding hydrogens is 525 g/mol. The Labute approximate surface area is 225 Å². The zero-order chi connectivity index (χ0) is 27.3. The summed E-state index contributed by atoms with van der Waals surface area (Å²) in [4.78, 5) is 18.3. The van der Waals surface area contributed by atoms with E-state index in [1.54, 1.807) is 36.9 Å². The van der Waals surface area contributed by atoms with Gasteiger partial charge in [0.05, 0.1) is 12.9 Å². The van der Waals surface area contributed by atoms with Gasteiger partial charge in [-0.15, -0.1) is 0 Å². The summed E-state index contributed by atoms with van der Waals surface area (Å²) >= 11 is 1.13. The Kier molecular flexibility index (Phi) is 8.53. The van der Waals surface area contributed by atoms with Gasteiger partial charge >= 0.3 is 0 Å². The van der Waals surface area contributed by atoms with Crippen molar-refractivity contribution < 1.29 is 22.3 Å². The van der Waals surface area contributed by atoms with Crippen LogP contribution in [0.1, 0.15) is 39.8 Å². The van der Waals surface area contributed by atoms with E-state index in [9.17, 15) is 17.6 Å². The monoisotopic (exact) mass is 553 g/mol. The van der Waals surface area contributed by atoms with Crippen molar-refractivity contribution >= 4 is 32.8 Å². The normalized spacial score (nSPS) is 12.2. The fourth-order valence-corrected chi connectivity index (χ4v) is 5.44. The van der Waals surface area contributed by atoms with Gasteiger partial charge in [0.2, 0.25) is 5.78 Å². The fourth-order valence-electron chi connectivity index (χ4n) is 4.07. The molecule has 0 amide bonds. The summed E-state index contributed by atoms with van der Waals surface area (Å²) in [5.74, 6) is -0.0379. The summed E-state index contributed by atoms with van der Waals surface area (Å²) in [6.45, 7) is 1.86. The third-order valence-electron chi connectivity index (χ3n) is 5.96. The third kappa shape index (κ3) is 7.02. The van der Waals surface area contributed by atoms with E-state index in [4.69, 9.17) is 4.74 Å². The Hall–Kier alpha value is -3.63. The molecule has 0 spiro atoms. The molecule has 0 aliphatic carbocycles. The van der Waals surface area contributed by atoms with E-state index in [0.29, 0.717) is 41.0 Å². The molecule has 198 valence electrons. The summed E-state index contributed by atoms with van der Waals surface area (Å²) in [5, 5.41) is 5.05. The first-order chi connectivity index (χ1) is 18.1. The zero-order valence-corrected chi connectivity index (χ0v) is 22.9. The molecule has 0 aliphatic rings. The second-order valence-electron chi connectivity index (χ2n) is 9.06. The lowest BCUT2D eigenvalue weighted by molar-refractivity contribution is 0.0966. The predicted octanol–water partition coefficient (Wildman–Crippen LogP) is 5.67. The number of carbonyl (C=O) groups excluding carboxylic acids is 1. The first-order valence-electron chi connectivity index (χ1n) is 11.9. The second kappa shape index (κ2) is 11.8. The average molecular weight is 554 g/mol. The van der Waals surface area contributed by atoms with Crippen molar-refractivity contribution in [2.75, 3.05) is 24.4 Å². The van der Waals surface area contributed by atoms with Gasteiger partial charge in [-0.2, -0.15) is 4.37 Å². The van der Waals surface area contributed by atoms with Gasteiger partial charge < -0.3 is 10.1 Å². The molecule has 2 heterocycles. The highest BCUT2D eigenvalue weighted by molar-refractivity contribution is 7.90. The average Bonchev–Trinajstić information content (AvgIpc) is 3.37. The molecule has 1 unspecified atom stereocenters. The van der Waals surface area contributed by atoms with Crippen LogP contribution in [0.25, 0.3) is 11.1 Å². The number of nitrogens with zero attached hydrogens (tertiary/aromatic N) is 2. The number of rotatable bonds is 11. The Bertz CT molecular complexity index is 1540. The van der Waals surface area contributed by atoms with Gasteiger partial charge in [-0.05, 0) is 72.8 Å². The first-order valence-corrected chi connectivity index (χ1v) is 14.8. The number of pyridine rings is 1. The van der Waals surface area contributed by atoms with E-state index >= 15 is 0 Å². The maximum Gasteiger partial charge on any atom is 0.209 e. The maximum atomic E-state index is 14.0. The van der Waals surface area contributed by atoms with E-state index < -0.39 is 21.7 Å². The van der Waals surface area contributed by atoms with Crippen LogP contribution in [0.15, 0.2) is 66.2 Å². The van der Waals surface area contributed by atoms with Crippen LogP contribution in [0.4, 0.5) is 10.1 Å². The number of anilines is 1. The van der Waals surface area contributed by atoms with Crippen molar-refractivity contribution in [1.29, 1.82) is 0 Å². The summed E-state index contributed by atoms with van der Waals surface area (Å²) in [6.07, 6.45) is 3.85. The number of hydrogen-bond acceptors (Lipinski definition) is 8. The standard InChI is InChI=1S/C28H28FN3O4S2/c1-18-9-10-21(16-30-18)26(28(33)27-25(17-37-32-27)20-7-4-8-22(29)14-20)31-23-12-19(13-24(15-23)36-2)6-5-11-38(3,34)35/h4,7-10,12-17,26,31H,5-6,11H2,1-3H3. The zero-order valence-electron chi connectivity index (χ0n) is 21.3. The minimum atomic E-state index is -3.07. The molecule has 0 radical (unpaired) electrons. The van der Waals surface area contributed by atoms with Gasteiger partial charge in [0.15, 0.2) is 0 Å². The van der Waals surface area contributed by atoms with E-state index in [-0.39, 0.29) is 17.2 Å². The summed E-state index contributed by atoms with van der Waals surface area (Å²) in [7, 11) is -1.52. The Balaban J connectivity index is 1.70. The molecule has 4 rings (SSSR count). The number of Topliss-reactive ketones (excluding diaryl/α,β-unsaturated/α-hetero) is 1. The number of ketones is 1. The third-order valence-corrected chi connectivity index (χ3v) is 7.62. The molecular formula is C28H28FN3O4S2. The fraction of sp³-hybridized carbons (Fsp3) is 0.250. The van der Waals surface area contributed by atoms with Gasteiger partial charge in [0.1, 0.15) is 33.1 Å². The molecule has 0 saturated heterocycles. The number of aryl methyl sites for hydroxylation is 2. The lowest BCUT2D eigenvalue weighted by atomic mass is 9.96. The number of benzene rings is 2. The number of carbonyl (C=O) groups is 1. The first kappa shape index (κ1) is 27.4. The Morgan fingerprint density at radius 1 is 1.16 bits per heavy atom. The quantitative estimate of drug-likeness (QED) is 0.239. The molecule has 4 aromatic rings. The van der Waals surface area contributed by atoms with Crippen molar-refractivity contribution in [3.63, 3.8) is 0 Å². The Morgan fingerprint density at radius 3 is 2.66 bits per heavy atom. The van der Waals surface area contributed by atoms with Gasteiger partial charge in [0, 0.05) is 46.4 Å². The summed E-state index contributed by atoms with van der Waals surface area (Å²) in [5.41, 5.74) is 4.30. The van der Waals surface area contributed by atoms with Crippen LogP contribution in [0.3, 0.4) is 0 Å². The lowest BCUT2D eigenvalue weighted by Gasteiger charge is -2.20. The molecule has 0 saturated carbocycles. The lowest BCUT2D eigenvalue weighted by Crippen LogP contribution is -2.22. The summed E-state index contributed by atoms with van der Waals surface area (Å²) < 4.78 is 46.9. The van der Waals surface area contributed by atoms with Crippen LogP contribution in [0, 0.1) is 12.7 Å². The number of nitrogens with one attached hydrogen (secondary N) is 1. The van der Waals surface area contributed by atoms with Crippen molar-refractivity contribution in [3.05, 3.63) is 94.5 Å². The van der Waals surface area contributed by atoms with Crippen LogP contribution in [0.2, 0.25) is 0 Å². The highest BCUT2D eigenvalue weighted by atomic mass is 32.2. The molecule has 7 nitrogen and oxygen atoms in total. The SMILES string of the molecule is COc1cc(CCCS(C)(=O)=O)cc(NC(C(=O)c2nscc2-c2cccc(F)c2)c2ccc(C)nc2)c1. The van der Waals surface area contributed by atoms with Gasteiger partial charge in [-0.1, -0.05) is 18.2 Å². The molecule has 2 aromatic heterocycles. The van der Waals surface area contributed by atoms with E-state index in [1.165, 1.54) is 18.4 Å². The number of sulfone groups is 1. The minimum absolute atomic E-state index is 0.0792. The van der Waals surface area contributed by atoms with E-state index in [1.807, 2.05) is 31.2 Å². The minimum Gasteiger partial charge on any atom is -0.497 e. The van der Waals surface area contributed by atoms with Gasteiger partial charge in [-0.3, -0.25) is 9.78 Å². The number of methoxy groups -OCH3 is 1. The van der Waals surface area contributed by atoms with Gasteiger partial charge in [0.25, 0.3) is 0 Å². The molecule has 2 aromatic carbocycles. The molecule has 0 fully saturated rings. The van der Waals surface area contributed by atoms with E-state index in [2.05, 4.69) is 14.7 Å². The highest BCUT2D eigenvalue weighted by Gasteiger charge is 2.27. The molecule has 1 atom stereocenters. The van der Waals surface area contributed by atoms with Crippen LogP contribution in [-0.4, -0.2) is 42.7 Å². The van der Waals surface area contributed by atoms with Crippen molar-refractivity contribution in [3.8, 4) is 16.9 Å². The molecule has 0 bridgehead atoms.